The summed E-state index contributed by atoms with van der Waals surface area (Å²) < 4.78 is 1.89. The number of carbonyl (C=O) groups excluding carboxylic acids is 2. The lowest BCUT2D eigenvalue weighted by Crippen LogP contribution is -2.45. The fourth-order valence-electron chi connectivity index (χ4n) is 3.22. The molecule has 2 heterocycles. The third-order valence-corrected chi connectivity index (χ3v) is 4.89. The van der Waals surface area contributed by atoms with Gasteiger partial charge in [0.25, 0.3) is 5.91 Å². The third-order valence-electron chi connectivity index (χ3n) is 4.50. The summed E-state index contributed by atoms with van der Waals surface area (Å²) in [7, 11) is 0. The van der Waals surface area contributed by atoms with Gasteiger partial charge in [-0.1, -0.05) is 55.8 Å². The zero-order valence-corrected chi connectivity index (χ0v) is 15.7. The Kier molecular flexibility index (Phi) is 5.23. The number of benzene rings is 1. The van der Waals surface area contributed by atoms with Crippen LogP contribution in [0.25, 0.3) is 11.1 Å². The van der Waals surface area contributed by atoms with E-state index in [0.29, 0.717) is 54.1 Å². The van der Waals surface area contributed by atoms with Crippen LogP contribution in [0.1, 0.15) is 29.9 Å². The number of aromatic nitrogens is 1. The van der Waals surface area contributed by atoms with Crippen LogP contribution in [0.15, 0.2) is 30.3 Å². The maximum Gasteiger partial charge on any atom is 0.317 e. The normalized spacial score (nSPS) is 13.6. The van der Waals surface area contributed by atoms with Crippen molar-refractivity contribution in [3.05, 3.63) is 46.7 Å². The molecule has 0 bridgehead atoms. The van der Waals surface area contributed by atoms with Crippen LogP contribution in [0.5, 0.6) is 0 Å². The van der Waals surface area contributed by atoms with Gasteiger partial charge in [0, 0.05) is 25.2 Å². The predicted molar refractivity (Wildman–Crippen MR) is 102 cm³/mol. The van der Waals surface area contributed by atoms with E-state index >= 15 is 0 Å². The fourth-order valence-corrected chi connectivity index (χ4v) is 3.61. The number of urea groups is 1. The summed E-state index contributed by atoms with van der Waals surface area (Å²) in [5, 5.41) is 3.40. The van der Waals surface area contributed by atoms with Crippen molar-refractivity contribution in [2.75, 3.05) is 13.1 Å². The Labute approximate surface area is 157 Å². The summed E-state index contributed by atoms with van der Waals surface area (Å²) in [6.45, 7) is 6.04. The van der Waals surface area contributed by atoms with E-state index in [0.717, 1.165) is 5.56 Å². The van der Waals surface area contributed by atoms with Gasteiger partial charge in [-0.15, -0.1) is 0 Å². The standard InChI is InChI=1S/C19H23ClN4O2/c1-12(2)10-22-19(26)23-8-9-24-14(11-23)16(18(21)25)15(17(24)20)13-6-4-3-5-7-13/h3-7,12H,8-11H2,1-2H3,(H2,21,25)(H,22,26). The molecule has 0 spiro atoms. The molecule has 3 N–H and O–H groups in total. The first-order chi connectivity index (χ1) is 12.4. The number of amides is 3. The molecule has 0 unspecified atom stereocenters. The SMILES string of the molecule is CC(C)CNC(=O)N1CCn2c(Cl)c(-c3ccccc3)c(C(N)=O)c2C1. The number of nitrogens with zero attached hydrogens (tertiary/aromatic N) is 2. The van der Waals surface area contributed by atoms with Crippen LogP contribution < -0.4 is 11.1 Å². The zero-order valence-electron chi connectivity index (χ0n) is 15.0. The largest absolute Gasteiger partial charge is 0.366 e. The maximum atomic E-state index is 12.4. The van der Waals surface area contributed by atoms with E-state index in [1.54, 1.807) is 4.90 Å². The molecule has 1 aromatic carbocycles. The number of primary amides is 1. The van der Waals surface area contributed by atoms with E-state index in [1.807, 2.05) is 48.7 Å². The molecule has 0 aliphatic carbocycles. The van der Waals surface area contributed by atoms with Crippen LogP contribution in [-0.2, 0) is 13.1 Å². The second kappa shape index (κ2) is 7.41. The molecular formula is C19H23ClN4O2. The predicted octanol–water partition coefficient (Wildman–Crippen LogP) is 3.09. The second-order valence-electron chi connectivity index (χ2n) is 6.87. The van der Waals surface area contributed by atoms with Gasteiger partial charge in [0.2, 0.25) is 0 Å². The number of hydrogen-bond donors (Lipinski definition) is 2. The smallest absolute Gasteiger partial charge is 0.317 e. The highest BCUT2D eigenvalue weighted by Crippen LogP contribution is 2.38. The maximum absolute atomic E-state index is 12.4. The summed E-state index contributed by atoms with van der Waals surface area (Å²) in [6.07, 6.45) is 0. The number of rotatable bonds is 4. The first-order valence-electron chi connectivity index (χ1n) is 8.69. The third kappa shape index (κ3) is 3.42. The molecule has 26 heavy (non-hydrogen) atoms. The summed E-state index contributed by atoms with van der Waals surface area (Å²) in [4.78, 5) is 26.3. The molecule has 138 valence electrons. The lowest BCUT2D eigenvalue weighted by molar-refractivity contribution is 0.0997. The molecule has 3 rings (SSSR count). The molecule has 2 aromatic rings. The minimum atomic E-state index is -0.538. The number of nitrogens with two attached hydrogens (primary N) is 1. The average Bonchev–Trinajstić information content (AvgIpc) is 2.92. The number of carbonyl (C=O) groups is 2. The Morgan fingerprint density at radius 1 is 1.23 bits per heavy atom. The lowest BCUT2D eigenvalue weighted by Gasteiger charge is -2.29. The van der Waals surface area contributed by atoms with Gasteiger partial charge in [0.15, 0.2) is 0 Å². The van der Waals surface area contributed by atoms with E-state index in [1.165, 1.54) is 0 Å². The monoisotopic (exact) mass is 374 g/mol. The van der Waals surface area contributed by atoms with Crippen molar-refractivity contribution in [2.45, 2.75) is 26.9 Å². The van der Waals surface area contributed by atoms with Crippen molar-refractivity contribution in [3.8, 4) is 11.1 Å². The molecule has 0 saturated heterocycles. The van der Waals surface area contributed by atoms with Gasteiger partial charge >= 0.3 is 6.03 Å². The number of halogens is 1. The molecule has 1 aromatic heterocycles. The van der Waals surface area contributed by atoms with E-state index < -0.39 is 5.91 Å². The van der Waals surface area contributed by atoms with Crippen LogP contribution in [0, 0.1) is 5.92 Å². The van der Waals surface area contributed by atoms with Crippen LogP contribution in [0.2, 0.25) is 5.15 Å². The van der Waals surface area contributed by atoms with Gasteiger partial charge in [-0.2, -0.15) is 0 Å². The van der Waals surface area contributed by atoms with Crippen molar-refractivity contribution in [1.82, 2.24) is 14.8 Å². The first-order valence-corrected chi connectivity index (χ1v) is 9.06. The number of hydrogen-bond acceptors (Lipinski definition) is 2. The summed E-state index contributed by atoms with van der Waals surface area (Å²) >= 11 is 6.59. The molecule has 0 atom stereocenters. The Morgan fingerprint density at radius 3 is 2.54 bits per heavy atom. The van der Waals surface area contributed by atoms with Gasteiger partial charge in [-0.05, 0) is 11.5 Å². The molecular weight excluding hydrogens is 352 g/mol. The molecule has 1 aliphatic heterocycles. The highest BCUT2D eigenvalue weighted by atomic mass is 35.5. The Morgan fingerprint density at radius 2 is 1.92 bits per heavy atom. The zero-order chi connectivity index (χ0) is 18.8. The summed E-state index contributed by atoms with van der Waals surface area (Å²) in [5.41, 5.74) is 8.23. The van der Waals surface area contributed by atoms with Crippen LogP contribution in [-0.4, -0.2) is 34.5 Å². The summed E-state index contributed by atoms with van der Waals surface area (Å²) in [5.74, 6) is -0.170. The molecule has 7 heteroatoms. The van der Waals surface area contributed by atoms with Gasteiger partial charge in [0.1, 0.15) is 5.15 Å². The van der Waals surface area contributed by atoms with E-state index in [2.05, 4.69) is 5.32 Å². The number of nitrogens with one attached hydrogen (secondary N) is 1. The van der Waals surface area contributed by atoms with Crippen molar-refractivity contribution < 1.29 is 9.59 Å². The molecule has 1 aliphatic rings. The number of fused-ring (bicyclic) bond motifs is 1. The van der Waals surface area contributed by atoms with E-state index in [4.69, 9.17) is 17.3 Å². The molecule has 6 nitrogen and oxygen atoms in total. The average molecular weight is 375 g/mol. The lowest BCUT2D eigenvalue weighted by atomic mass is 10.0. The highest BCUT2D eigenvalue weighted by molar-refractivity contribution is 6.33. The molecule has 0 saturated carbocycles. The first kappa shape index (κ1) is 18.3. The fraction of sp³-hybridized carbons (Fsp3) is 0.368. The van der Waals surface area contributed by atoms with E-state index in [-0.39, 0.29) is 6.03 Å². The van der Waals surface area contributed by atoms with Gasteiger partial charge < -0.3 is 20.5 Å². The van der Waals surface area contributed by atoms with Gasteiger partial charge in [0.05, 0.1) is 17.8 Å². The molecule has 0 fully saturated rings. The van der Waals surface area contributed by atoms with Crippen molar-refractivity contribution in [3.63, 3.8) is 0 Å². The summed E-state index contributed by atoms with van der Waals surface area (Å²) in [6, 6.07) is 9.33. The van der Waals surface area contributed by atoms with Crippen LogP contribution >= 0.6 is 11.6 Å². The van der Waals surface area contributed by atoms with Crippen molar-refractivity contribution in [2.24, 2.45) is 11.7 Å². The van der Waals surface area contributed by atoms with E-state index in [9.17, 15) is 9.59 Å². The minimum absolute atomic E-state index is 0.140. The second-order valence-corrected chi connectivity index (χ2v) is 7.23. The van der Waals surface area contributed by atoms with Crippen molar-refractivity contribution in [1.29, 1.82) is 0 Å². The molecule has 3 amide bonds. The molecule has 0 radical (unpaired) electrons. The van der Waals surface area contributed by atoms with Gasteiger partial charge in [-0.3, -0.25) is 4.79 Å². The minimum Gasteiger partial charge on any atom is -0.366 e. The van der Waals surface area contributed by atoms with Gasteiger partial charge in [-0.25, -0.2) is 4.79 Å². The Bertz CT molecular complexity index is 830. The topological polar surface area (TPSA) is 80.4 Å². The Balaban J connectivity index is 1.98. The Hall–Kier alpha value is -2.47. The quantitative estimate of drug-likeness (QED) is 0.862. The van der Waals surface area contributed by atoms with Crippen LogP contribution in [0.3, 0.4) is 0 Å². The highest BCUT2D eigenvalue weighted by Gasteiger charge is 2.31. The van der Waals surface area contributed by atoms with Crippen LogP contribution in [0.4, 0.5) is 4.79 Å². The van der Waals surface area contributed by atoms with Crippen molar-refractivity contribution >= 4 is 23.5 Å².